The average Bonchev–Trinajstić information content (AvgIpc) is 2.33. The molecule has 3 heteroatoms. The Morgan fingerprint density at radius 3 is 2.50 bits per heavy atom. The van der Waals surface area contributed by atoms with Crippen LogP contribution in [0.5, 0.6) is 0 Å². The maximum atomic E-state index is 13.9. The van der Waals surface area contributed by atoms with Crippen LogP contribution in [0.2, 0.25) is 0 Å². The van der Waals surface area contributed by atoms with E-state index < -0.39 is 0 Å². The largest absolute Gasteiger partial charge is 0.381 e. The summed E-state index contributed by atoms with van der Waals surface area (Å²) < 4.78 is 20.3. The van der Waals surface area contributed by atoms with E-state index >= 15 is 0 Å². The number of rotatable bonds is 2. The van der Waals surface area contributed by atoms with E-state index in [2.05, 4.69) is 22.6 Å². The number of benzene rings is 1. The molecule has 0 aliphatic carbocycles. The van der Waals surface area contributed by atoms with Gasteiger partial charge in [0, 0.05) is 22.7 Å². The van der Waals surface area contributed by atoms with Gasteiger partial charge in [0.1, 0.15) is 5.83 Å². The Bertz CT molecular complexity index is 366. The Morgan fingerprint density at radius 1 is 1.25 bits per heavy atom. The van der Waals surface area contributed by atoms with Crippen molar-refractivity contribution in [3.63, 3.8) is 0 Å². The topological polar surface area (TPSA) is 9.23 Å². The molecule has 1 fully saturated rings. The first-order valence-corrected chi connectivity index (χ1v) is 6.54. The fraction of sp³-hybridized carbons (Fsp3) is 0.385. The van der Waals surface area contributed by atoms with Crippen molar-refractivity contribution in [1.82, 2.24) is 0 Å². The van der Waals surface area contributed by atoms with Crippen LogP contribution in [0, 0.1) is 9.49 Å². The second-order valence-corrected chi connectivity index (χ2v) is 5.21. The average molecular weight is 332 g/mol. The van der Waals surface area contributed by atoms with Gasteiger partial charge in [0.25, 0.3) is 0 Å². The summed E-state index contributed by atoms with van der Waals surface area (Å²) in [4.78, 5) is 0. The van der Waals surface area contributed by atoms with E-state index in [4.69, 9.17) is 4.74 Å². The maximum absolute atomic E-state index is 13.9. The fourth-order valence-corrected chi connectivity index (χ4v) is 2.17. The first-order chi connectivity index (χ1) is 7.75. The molecule has 1 aromatic carbocycles. The Hall–Kier alpha value is -0.420. The molecule has 1 aromatic rings. The lowest BCUT2D eigenvalue weighted by Gasteiger charge is -2.20. The molecule has 86 valence electrons. The van der Waals surface area contributed by atoms with Crippen molar-refractivity contribution in [2.45, 2.75) is 12.8 Å². The predicted octanol–water partition coefficient (Wildman–Crippen LogP) is 4.03. The SMILES string of the molecule is F/C(=C\c1ccc(I)cc1)C1CCOCC1. The van der Waals surface area contributed by atoms with Gasteiger partial charge in [-0.25, -0.2) is 4.39 Å². The molecule has 1 nitrogen and oxygen atoms in total. The molecule has 1 saturated heterocycles. The van der Waals surface area contributed by atoms with Gasteiger partial charge in [0.2, 0.25) is 0 Å². The second-order valence-electron chi connectivity index (χ2n) is 3.97. The minimum atomic E-state index is -0.00971. The summed E-state index contributed by atoms with van der Waals surface area (Å²) in [7, 11) is 0. The summed E-state index contributed by atoms with van der Waals surface area (Å²) in [5, 5.41) is 0. The maximum Gasteiger partial charge on any atom is 0.104 e. The van der Waals surface area contributed by atoms with Gasteiger partial charge < -0.3 is 4.74 Å². The predicted molar refractivity (Wildman–Crippen MR) is 71.8 cm³/mol. The molecule has 16 heavy (non-hydrogen) atoms. The quantitative estimate of drug-likeness (QED) is 0.743. The molecule has 0 bridgehead atoms. The Labute approximate surface area is 109 Å². The molecule has 0 aromatic heterocycles. The molecule has 1 aliphatic rings. The molecule has 0 saturated carbocycles. The number of ether oxygens (including phenoxy) is 1. The van der Waals surface area contributed by atoms with Crippen molar-refractivity contribution in [3.05, 3.63) is 39.2 Å². The Morgan fingerprint density at radius 2 is 1.88 bits per heavy atom. The standard InChI is InChI=1S/C13H14FIO/c14-13(11-5-7-16-8-6-11)9-10-1-3-12(15)4-2-10/h1-4,9,11H,5-8H2/b13-9-. The third-order valence-electron chi connectivity index (χ3n) is 2.79. The van der Waals surface area contributed by atoms with Crippen LogP contribution in [0.4, 0.5) is 4.39 Å². The van der Waals surface area contributed by atoms with Crippen LogP contribution in [0.15, 0.2) is 30.1 Å². The van der Waals surface area contributed by atoms with Crippen LogP contribution in [-0.2, 0) is 4.74 Å². The smallest absolute Gasteiger partial charge is 0.104 e. The number of allylic oxidation sites excluding steroid dienone is 1. The van der Waals surface area contributed by atoms with Crippen molar-refractivity contribution in [1.29, 1.82) is 0 Å². The lowest BCUT2D eigenvalue weighted by molar-refractivity contribution is 0.0705. The second kappa shape index (κ2) is 5.77. The van der Waals surface area contributed by atoms with Gasteiger partial charge >= 0.3 is 0 Å². The summed E-state index contributed by atoms with van der Waals surface area (Å²) in [5.74, 6) is 0.0394. The van der Waals surface area contributed by atoms with Crippen molar-refractivity contribution in [2.24, 2.45) is 5.92 Å². The van der Waals surface area contributed by atoms with Crippen LogP contribution in [0.1, 0.15) is 18.4 Å². The van der Waals surface area contributed by atoms with Gasteiger partial charge in [-0.05, 0) is 59.2 Å². The van der Waals surface area contributed by atoms with Crippen molar-refractivity contribution >= 4 is 28.7 Å². The van der Waals surface area contributed by atoms with Crippen molar-refractivity contribution in [3.8, 4) is 0 Å². The van der Waals surface area contributed by atoms with E-state index in [9.17, 15) is 4.39 Å². The zero-order chi connectivity index (χ0) is 11.4. The summed E-state index contributed by atoms with van der Waals surface area (Å²) in [6.07, 6.45) is 3.24. The molecule has 0 amide bonds. The van der Waals surface area contributed by atoms with E-state index in [0.29, 0.717) is 13.2 Å². The van der Waals surface area contributed by atoms with Crippen molar-refractivity contribution in [2.75, 3.05) is 13.2 Å². The summed E-state index contributed by atoms with van der Waals surface area (Å²) in [6.45, 7) is 1.36. The highest BCUT2D eigenvalue weighted by Gasteiger charge is 2.17. The van der Waals surface area contributed by atoms with Gasteiger partial charge in [-0.3, -0.25) is 0 Å². The Balaban J connectivity index is 2.07. The lowest BCUT2D eigenvalue weighted by atomic mass is 9.97. The van der Waals surface area contributed by atoms with E-state index in [0.717, 1.165) is 18.4 Å². The van der Waals surface area contributed by atoms with E-state index in [-0.39, 0.29) is 11.7 Å². The minimum absolute atomic E-state index is 0.00971. The summed E-state index contributed by atoms with van der Waals surface area (Å²) in [6, 6.07) is 7.87. The normalized spacial score (nSPS) is 18.8. The number of hydrogen-bond acceptors (Lipinski definition) is 1. The molecular weight excluding hydrogens is 318 g/mol. The van der Waals surface area contributed by atoms with E-state index in [1.54, 1.807) is 6.08 Å². The molecule has 2 rings (SSSR count). The molecule has 0 spiro atoms. The molecule has 1 heterocycles. The highest BCUT2D eigenvalue weighted by atomic mass is 127. The minimum Gasteiger partial charge on any atom is -0.381 e. The molecule has 0 radical (unpaired) electrons. The fourth-order valence-electron chi connectivity index (χ4n) is 1.81. The van der Waals surface area contributed by atoms with Gasteiger partial charge in [0.15, 0.2) is 0 Å². The highest BCUT2D eigenvalue weighted by molar-refractivity contribution is 14.1. The number of halogens is 2. The highest BCUT2D eigenvalue weighted by Crippen LogP contribution is 2.26. The monoisotopic (exact) mass is 332 g/mol. The molecular formula is C13H14FIO. The molecule has 1 aliphatic heterocycles. The zero-order valence-electron chi connectivity index (χ0n) is 8.96. The zero-order valence-corrected chi connectivity index (χ0v) is 11.1. The van der Waals surface area contributed by atoms with Crippen LogP contribution in [0.25, 0.3) is 6.08 Å². The first kappa shape index (κ1) is 12.0. The summed E-state index contributed by atoms with van der Waals surface area (Å²) >= 11 is 2.24. The number of hydrogen-bond donors (Lipinski definition) is 0. The third-order valence-corrected chi connectivity index (χ3v) is 3.51. The third kappa shape index (κ3) is 3.28. The van der Waals surface area contributed by atoms with Gasteiger partial charge in [0.05, 0.1) is 0 Å². The van der Waals surface area contributed by atoms with Crippen LogP contribution < -0.4 is 0 Å². The first-order valence-electron chi connectivity index (χ1n) is 5.46. The lowest BCUT2D eigenvalue weighted by Crippen LogP contribution is -2.15. The van der Waals surface area contributed by atoms with Crippen LogP contribution >= 0.6 is 22.6 Å². The van der Waals surface area contributed by atoms with Crippen molar-refractivity contribution < 1.29 is 9.13 Å². The molecule has 0 atom stereocenters. The van der Waals surface area contributed by atoms with Gasteiger partial charge in [-0.2, -0.15) is 0 Å². The summed E-state index contributed by atoms with van der Waals surface area (Å²) in [5.41, 5.74) is 0.935. The van der Waals surface area contributed by atoms with E-state index in [1.807, 2.05) is 24.3 Å². The van der Waals surface area contributed by atoms with Crippen LogP contribution in [-0.4, -0.2) is 13.2 Å². The van der Waals surface area contributed by atoms with Gasteiger partial charge in [-0.1, -0.05) is 12.1 Å². The van der Waals surface area contributed by atoms with Crippen LogP contribution in [0.3, 0.4) is 0 Å². The molecule has 0 unspecified atom stereocenters. The Kier molecular flexibility index (Phi) is 4.35. The van der Waals surface area contributed by atoms with Gasteiger partial charge in [-0.15, -0.1) is 0 Å². The van der Waals surface area contributed by atoms with E-state index in [1.165, 1.54) is 3.57 Å². The molecule has 0 N–H and O–H groups in total.